The topological polar surface area (TPSA) is 44.0 Å². The third kappa shape index (κ3) is 2.22. The van der Waals surface area contributed by atoms with Gasteiger partial charge in [-0.05, 0) is 24.1 Å². The highest BCUT2D eigenvalue weighted by Crippen LogP contribution is 2.23. The number of nitrogens with zero attached hydrogens (tertiary/aromatic N) is 1. The number of nitriles is 1. The van der Waals surface area contributed by atoms with E-state index in [-0.39, 0.29) is 6.61 Å². The van der Waals surface area contributed by atoms with Crippen LogP contribution in [-0.4, -0.2) is 5.11 Å². The van der Waals surface area contributed by atoms with Gasteiger partial charge in [0.2, 0.25) is 0 Å². The fourth-order valence-corrected chi connectivity index (χ4v) is 1.87. The first kappa shape index (κ1) is 11.0. The van der Waals surface area contributed by atoms with Crippen LogP contribution >= 0.6 is 15.9 Å². The lowest BCUT2D eigenvalue weighted by Gasteiger charge is -2.06. The van der Waals surface area contributed by atoms with Gasteiger partial charge in [0, 0.05) is 10.0 Å². The number of aliphatic hydroxyl groups is 1. The molecule has 0 unspecified atom stereocenters. The van der Waals surface area contributed by atoms with Gasteiger partial charge in [0.05, 0.1) is 18.2 Å². The average Bonchev–Trinajstić information content (AvgIpc) is 2.17. The van der Waals surface area contributed by atoms with Crippen molar-refractivity contribution in [1.82, 2.24) is 0 Å². The highest BCUT2D eigenvalue weighted by Gasteiger charge is 2.07. The zero-order chi connectivity index (χ0) is 10.6. The van der Waals surface area contributed by atoms with Crippen molar-refractivity contribution >= 4 is 15.9 Å². The van der Waals surface area contributed by atoms with Crippen LogP contribution in [0.4, 0.5) is 0 Å². The summed E-state index contributed by atoms with van der Waals surface area (Å²) < 4.78 is 0.774. The first-order valence-corrected chi connectivity index (χ1v) is 4.95. The molecule has 2 nitrogen and oxygen atoms in total. The molecule has 0 saturated carbocycles. The summed E-state index contributed by atoms with van der Waals surface area (Å²) in [5, 5.41) is 17.9. The number of allylic oxidation sites excluding steroid dienone is 1. The molecular formula is C11H10BrNO. The van der Waals surface area contributed by atoms with E-state index in [1.54, 1.807) is 12.1 Å². The molecule has 1 aromatic rings. The van der Waals surface area contributed by atoms with Crippen LogP contribution in [0, 0.1) is 11.3 Å². The van der Waals surface area contributed by atoms with Gasteiger partial charge in [-0.1, -0.05) is 22.0 Å². The van der Waals surface area contributed by atoms with Crippen molar-refractivity contribution in [1.29, 1.82) is 5.26 Å². The molecule has 0 spiro atoms. The van der Waals surface area contributed by atoms with Gasteiger partial charge in [-0.25, -0.2) is 0 Å². The molecule has 0 saturated heterocycles. The first-order chi connectivity index (χ1) is 6.72. The summed E-state index contributed by atoms with van der Waals surface area (Å²) in [4.78, 5) is 0. The summed E-state index contributed by atoms with van der Waals surface area (Å²) in [6.45, 7) is 3.51. The summed E-state index contributed by atoms with van der Waals surface area (Å²) in [5.41, 5.74) is 2.17. The van der Waals surface area contributed by atoms with E-state index in [9.17, 15) is 0 Å². The Labute approximate surface area is 91.6 Å². The summed E-state index contributed by atoms with van der Waals surface area (Å²) in [6, 6.07) is 5.73. The minimum Gasteiger partial charge on any atom is -0.392 e. The third-order valence-electron chi connectivity index (χ3n) is 1.91. The summed E-state index contributed by atoms with van der Waals surface area (Å²) >= 11 is 3.32. The van der Waals surface area contributed by atoms with Crippen molar-refractivity contribution in [3.8, 4) is 6.07 Å². The van der Waals surface area contributed by atoms with E-state index in [1.165, 1.54) is 0 Å². The molecule has 3 heteroatoms. The predicted molar refractivity (Wildman–Crippen MR) is 58.7 cm³/mol. The molecule has 0 bridgehead atoms. The minimum atomic E-state index is -0.127. The highest BCUT2D eigenvalue weighted by molar-refractivity contribution is 9.10. The van der Waals surface area contributed by atoms with Crippen molar-refractivity contribution in [2.75, 3.05) is 0 Å². The van der Waals surface area contributed by atoms with Crippen molar-refractivity contribution in [3.63, 3.8) is 0 Å². The Morgan fingerprint density at radius 2 is 2.29 bits per heavy atom. The second-order valence-corrected chi connectivity index (χ2v) is 3.72. The number of benzene rings is 1. The SMILES string of the molecule is C=CCc1cc(Br)c(CO)c(C#N)c1. The molecule has 0 fully saturated rings. The van der Waals surface area contributed by atoms with Crippen molar-refractivity contribution in [3.05, 3.63) is 46.0 Å². The highest BCUT2D eigenvalue weighted by atomic mass is 79.9. The van der Waals surface area contributed by atoms with Crippen LogP contribution < -0.4 is 0 Å². The van der Waals surface area contributed by atoms with Crippen LogP contribution in [0.15, 0.2) is 29.3 Å². The van der Waals surface area contributed by atoms with Crippen molar-refractivity contribution < 1.29 is 5.11 Å². The minimum absolute atomic E-state index is 0.127. The second kappa shape index (κ2) is 4.94. The van der Waals surface area contributed by atoms with Crippen LogP contribution in [0.5, 0.6) is 0 Å². The molecule has 0 radical (unpaired) electrons. The summed E-state index contributed by atoms with van der Waals surface area (Å²) in [5.74, 6) is 0. The molecule has 0 heterocycles. The van der Waals surface area contributed by atoms with E-state index in [2.05, 4.69) is 28.6 Å². The van der Waals surface area contributed by atoms with Gasteiger partial charge in [-0.2, -0.15) is 5.26 Å². The Morgan fingerprint density at radius 1 is 1.57 bits per heavy atom. The van der Waals surface area contributed by atoms with Gasteiger partial charge in [-0.15, -0.1) is 6.58 Å². The lowest BCUT2D eigenvalue weighted by atomic mass is 10.0. The summed E-state index contributed by atoms with van der Waals surface area (Å²) in [6.07, 6.45) is 2.50. The van der Waals surface area contributed by atoms with Crippen molar-refractivity contribution in [2.24, 2.45) is 0 Å². The zero-order valence-electron chi connectivity index (χ0n) is 7.63. The largest absolute Gasteiger partial charge is 0.392 e. The van der Waals surface area contributed by atoms with Gasteiger partial charge in [0.15, 0.2) is 0 Å². The van der Waals surface area contributed by atoms with Crippen LogP contribution in [0.2, 0.25) is 0 Å². The maximum atomic E-state index is 9.05. The first-order valence-electron chi connectivity index (χ1n) is 4.16. The van der Waals surface area contributed by atoms with Gasteiger partial charge in [-0.3, -0.25) is 0 Å². The van der Waals surface area contributed by atoms with E-state index in [1.807, 2.05) is 6.07 Å². The number of hydrogen-bond donors (Lipinski definition) is 1. The number of hydrogen-bond acceptors (Lipinski definition) is 2. The fraction of sp³-hybridized carbons (Fsp3) is 0.182. The number of halogens is 1. The van der Waals surface area contributed by atoms with E-state index < -0.39 is 0 Å². The normalized spacial score (nSPS) is 9.50. The molecule has 1 rings (SSSR count). The van der Waals surface area contributed by atoms with Gasteiger partial charge >= 0.3 is 0 Å². The maximum absolute atomic E-state index is 9.05. The Bertz CT molecular complexity index is 393. The van der Waals surface area contributed by atoms with E-state index in [0.29, 0.717) is 11.1 Å². The van der Waals surface area contributed by atoms with Crippen LogP contribution in [0.25, 0.3) is 0 Å². The van der Waals surface area contributed by atoms with Crippen LogP contribution in [0.3, 0.4) is 0 Å². The number of aliphatic hydroxyl groups excluding tert-OH is 1. The lowest BCUT2D eigenvalue weighted by molar-refractivity contribution is 0.280. The Morgan fingerprint density at radius 3 is 2.79 bits per heavy atom. The van der Waals surface area contributed by atoms with E-state index >= 15 is 0 Å². The standard InChI is InChI=1S/C11H10BrNO/c1-2-3-8-4-9(6-13)10(7-14)11(12)5-8/h2,4-5,14H,1,3,7H2. The maximum Gasteiger partial charge on any atom is 0.0995 e. The zero-order valence-corrected chi connectivity index (χ0v) is 9.21. The molecule has 0 aromatic heterocycles. The number of rotatable bonds is 3. The molecule has 1 aromatic carbocycles. The third-order valence-corrected chi connectivity index (χ3v) is 2.62. The Hall–Kier alpha value is -1.11. The lowest BCUT2D eigenvalue weighted by Crippen LogP contribution is -1.94. The Balaban J connectivity index is 3.25. The monoisotopic (exact) mass is 251 g/mol. The molecule has 0 aliphatic heterocycles. The molecule has 72 valence electrons. The molecule has 0 atom stereocenters. The van der Waals surface area contributed by atoms with E-state index in [0.717, 1.165) is 16.5 Å². The molecule has 1 N–H and O–H groups in total. The molecule has 0 amide bonds. The Kier molecular flexibility index (Phi) is 3.87. The predicted octanol–water partition coefficient (Wildman–Crippen LogP) is 2.54. The fourth-order valence-electron chi connectivity index (χ4n) is 1.24. The molecule has 0 aliphatic rings. The quantitative estimate of drug-likeness (QED) is 0.840. The van der Waals surface area contributed by atoms with Crippen LogP contribution in [0.1, 0.15) is 16.7 Å². The van der Waals surface area contributed by atoms with Crippen molar-refractivity contribution in [2.45, 2.75) is 13.0 Å². The van der Waals surface area contributed by atoms with Gasteiger partial charge < -0.3 is 5.11 Å². The van der Waals surface area contributed by atoms with E-state index in [4.69, 9.17) is 10.4 Å². The molecular weight excluding hydrogens is 242 g/mol. The molecule has 14 heavy (non-hydrogen) atoms. The van der Waals surface area contributed by atoms with Gasteiger partial charge in [0.1, 0.15) is 0 Å². The molecule has 0 aliphatic carbocycles. The van der Waals surface area contributed by atoms with Gasteiger partial charge in [0.25, 0.3) is 0 Å². The smallest absolute Gasteiger partial charge is 0.0995 e. The average molecular weight is 252 g/mol. The summed E-state index contributed by atoms with van der Waals surface area (Å²) in [7, 11) is 0. The second-order valence-electron chi connectivity index (χ2n) is 2.87. The van der Waals surface area contributed by atoms with Crippen LogP contribution in [-0.2, 0) is 13.0 Å².